The van der Waals surface area contributed by atoms with Crippen molar-refractivity contribution in [1.29, 1.82) is 0 Å². The molecule has 2 rings (SSSR count). The van der Waals surface area contributed by atoms with Crippen molar-refractivity contribution in [3.63, 3.8) is 0 Å². The van der Waals surface area contributed by atoms with Gasteiger partial charge in [0.25, 0.3) is 0 Å². The Labute approximate surface area is 80.1 Å². The van der Waals surface area contributed by atoms with Gasteiger partial charge in [-0.25, -0.2) is 4.98 Å². The zero-order chi connectivity index (χ0) is 8.55. The molecule has 4 heteroatoms. The van der Waals surface area contributed by atoms with Crippen LogP contribution in [0.5, 0.6) is 0 Å². The van der Waals surface area contributed by atoms with Gasteiger partial charge in [0.1, 0.15) is 0 Å². The molecule has 0 amide bonds. The van der Waals surface area contributed by atoms with Crippen molar-refractivity contribution in [2.45, 2.75) is 32.4 Å². The molecule has 2 heterocycles. The topological polar surface area (TPSA) is 43.8 Å². The van der Waals surface area contributed by atoms with Crippen LogP contribution < -0.4 is 5.73 Å². The quantitative estimate of drug-likeness (QED) is 0.793. The number of nitrogens with zero attached hydrogens (tertiary/aromatic N) is 2. The summed E-state index contributed by atoms with van der Waals surface area (Å²) in [5, 5.41) is 0. The van der Waals surface area contributed by atoms with Crippen LogP contribution in [0.4, 0.5) is 0 Å². The van der Waals surface area contributed by atoms with E-state index in [0.717, 1.165) is 23.4 Å². The highest BCUT2D eigenvalue weighted by molar-refractivity contribution is 9.10. The normalized spacial score (nSPS) is 16.2. The van der Waals surface area contributed by atoms with Crippen molar-refractivity contribution in [3.8, 4) is 0 Å². The van der Waals surface area contributed by atoms with Crippen LogP contribution in [0.25, 0.3) is 0 Å². The molecular formula is C8H12BrN3. The van der Waals surface area contributed by atoms with Crippen molar-refractivity contribution in [2.75, 3.05) is 0 Å². The highest BCUT2D eigenvalue weighted by atomic mass is 79.9. The van der Waals surface area contributed by atoms with Crippen LogP contribution in [0.3, 0.4) is 0 Å². The molecule has 0 aromatic carbocycles. The molecule has 0 unspecified atom stereocenters. The first-order valence-electron chi connectivity index (χ1n) is 4.26. The van der Waals surface area contributed by atoms with E-state index in [2.05, 4.69) is 25.5 Å². The van der Waals surface area contributed by atoms with Gasteiger partial charge in [0.15, 0.2) is 4.73 Å². The fourth-order valence-electron chi connectivity index (χ4n) is 1.74. The molecule has 1 aromatic heterocycles. The molecule has 2 N–H and O–H groups in total. The summed E-state index contributed by atoms with van der Waals surface area (Å²) >= 11 is 3.44. The molecule has 0 saturated heterocycles. The van der Waals surface area contributed by atoms with E-state index in [4.69, 9.17) is 5.73 Å². The van der Waals surface area contributed by atoms with Crippen LogP contribution in [0.15, 0.2) is 4.73 Å². The maximum Gasteiger partial charge on any atom is 0.177 e. The lowest BCUT2D eigenvalue weighted by molar-refractivity contribution is 0.522. The average Bonchev–Trinajstić information content (AvgIpc) is 2.44. The van der Waals surface area contributed by atoms with E-state index in [0.29, 0.717) is 6.54 Å². The summed E-state index contributed by atoms with van der Waals surface area (Å²) in [5.41, 5.74) is 7.98. The Morgan fingerprint density at radius 2 is 2.33 bits per heavy atom. The number of halogens is 1. The number of hydrogen-bond acceptors (Lipinski definition) is 2. The first kappa shape index (κ1) is 8.26. The van der Waals surface area contributed by atoms with Crippen LogP contribution in [0.2, 0.25) is 0 Å². The number of hydrogen-bond donors (Lipinski definition) is 1. The van der Waals surface area contributed by atoms with Crippen LogP contribution in [0.1, 0.15) is 24.2 Å². The number of aromatic nitrogens is 2. The molecule has 3 nitrogen and oxygen atoms in total. The van der Waals surface area contributed by atoms with Gasteiger partial charge in [0.2, 0.25) is 0 Å². The number of rotatable bonds is 1. The van der Waals surface area contributed by atoms with Gasteiger partial charge in [0, 0.05) is 18.8 Å². The zero-order valence-electron chi connectivity index (χ0n) is 6.89. The SMILES string of the molecule is NCc1nc(Br)n2c1CCCC2. The highest BCUT2D eigenvalue weighted by Crippen LogP contribution is 2.23. The number of nitrogens with two attached hydrogens (primary N) is 1. The standard InChI is InChI=1S/C8H12BrN3/c9-8-11-6(5-10)7-3-1-2-4-12(7)8/h1-5,10H2. The smallest absolute Gasteiger partial charge is 0.177 e. The van der Waals surface area contributed by atoms with Crippen LogP contribution in [0, 0.1) is 0 Å². The van der Waals surface area contributed by atoms with E-state index in [1.165, 1.54) is 18.5 Å². The Morgan fingerprint density at radius 1 is 1.50 bits per heavy atom. The van der Waals surface area contributed by atoms with Gasteiger partial charge in [-0.05, 0) is 35.2 Å². The second kappa shape index (κ2) is 3.18. The predicted molar refractivity (Wildman–Crippen MR) is 50.8 cm³/mol. The molecular weight excluding hydrogens is 218 g/mol. The third kappa shape index (κ3) is 1.19. The van der Waals surface area contributed by atoms with Crippen molar-refractivity contribution in [3.05, 3.63) is 16.1 Å². The number of fused-ring (bicyclic) bond motifs is 1. The van der Waals surface area contributed by atoms with Crippen molar-refractivity contribution < 1.29 is 0 Å². The molecule has 1 aromatic rings. The Kier molecular flexibility index (Phi) is 2.19. The lowest BCUT2D eigenvalue weighted by Crippen LogP contribution is -2.12. The van der Waals surface area contributed by atoms with Crippen LogP contribution >= 0.6 is 15.9 Å². The van der Waals surface area contributed by atoms with Gasteiger partial charge in [-0.1, -0.05) is 0 Å². The molecule has 0 atom stereocenters. The second-order valence-corrected chi connectivity index (χ2v) is 3.80. The Bertz CT molecular complexity index is 293. The minimum absolute atomic E-state index is 0.556. The summed E-state index contributed by atoms with van der Waals surface area (Å²) in [5.74, 6) is 0. The van der Waals surface area contributed by atoms with E-state index in [1.54, 1.807) is 0 Å². The van der Waals surface area contributed by atoms with Gasteiger partial charge < -0.3 is 10.3 Å². The van der Waals surface area contributed by atoms with E-state index >= 15 is 0 Å². The van der Waals surface area contributed by atoms with Crippen molar-refractivity contribution in [1.82, 2.24) is 9.55 Å². The Balaban J connectivity index is 2.47. The Hall–Kier alpha value is -0.350. The lowest BCUT2D eigenvalue weighted by atomic mass is 10.1. The molecule has 0 fully saturated rings. The van der Waals surface area contributed by atoms with Gasteiger partial charge in [-0.2, -0.15) is 0 Å². The summed E-state index contributed by atoms with van der Waals surface area (Å²) in [6.07, 6.45) is 3.65. The zero-order valence-corrected chi connectivity index (χ0v) is 8.47. The van der Waals surface area contributed by atoms with E-state index in [-0.39, 0.29) is 0 Å². The Morgan fingerprint density at radius 3 is 3.08 bits per heavy atom. The minimum atomic E-state index is 0.556. The van der Waals surface area contributed by atoms with Gasteiger partial charge >= 0.3 is 0 Å². The van der Waals surface area contributed by atoms with E-state index < -0.39 is 0 Å². The first-order valence-corrected chi connectivity index (χ1v) is 5.06. The molecule has 0 spiro atoms. The summed E-state index contributed by atoms with van der Waals surface area (Å²) in [4.78, 5) is 4.37. The fraction of sp³-hybridized carbons (Fsp3) is 0.625. The van der Waals surface area contributed by atoms with Gasteiger partial charge in [0.05, 0.1) is 5.69 Å². The molecule has 66 valence electrons. The van der Waals surface area contributed by atoms with Crippen LogP contribution in [-0.2, 0) is 19.5 Å². The van der Waals surface area contributed by atoms with Gasteiger partial charge in [-0.15, -0.1) is 0 Å². The lowest BCUT2D eigenvalue weighted by Gasteiger charge is -2.15. The van der Waals surface area contributed by atoms with Crippen molar-refractivity contribution >= 4 is 15.9 Å². The largest absolute Gasteiger partial charge is 0.325 e. The highest BCUT2D eigenvalue weighted by Gasteiger charge is 2.16. The molecule has 12 heavy (non-hydrogen) atoms. The minimum Gasteiger partial charge on any atom is -0.325 e. The van der Waals surface area contributed by atoms with Gasteiger partial charge in [-0.3, -0.25) is 0 Å². The molecule has 1 aliphatic rings. The molecule has 0 saturated carbocycles. The maximum atomic E-state index is 5.59. The predicted octanol–water partition coefficient (Wildman–Crippen LogP) is 1.44. The summed E-state index contributed by atoms with van der Waals surface area (Å²) < 4.78 is 3.17. The molecule has 0 radical (unpaired) electrons. The summed E-state index contributed by atoms with van der Waals surface area (Å²) in [7, 11) is 0. The fourth-order valence-corrected chi connectivity index (χ4v) is 2.34. The second-order valence-electron chi connectivity index (χ2n) is 3.09. The molecule has 0 bridgehead atoms. The van der Waals surface area contributed by atoms with Crippen molar-refractivity contribution in [2.24, 2.45) is 5.73 Å². The van der Waals surface area contributed by atoms with Crippen LogP contribution in [-0.4, -0.2) is 9.55 Å². The maximum absolute atomic E-state index is 5.59. The summed E-state index contributed by atoms with van der Waals surface area (Å²) in [6, 6.07) is 0. The molecule has 1 aliphatic heterocycles. The first-order chi connectivity index (χ1) is 5.83. The summed E-state index contributed by atoms with van der Waals surface area (Å²) in [6.45, 7) is 1.64. The average molecular weight is 230 g/mol. The van der Waals surface area contributed by atoms with E-state index in [1.807, 2.05) is 0 Å². The monoisotopic (exact) mass is 229 g/mol. The number of imidazole rings is 1. The molecule has 0 aliphatic carbocycles. The third-order valence-corrected chi connectivity index (χ3v) is 2.95. The third-order valence-electron chi connectivity index (χ3n) is 2.35. The van der Waals surface area contributed by atoms with E-state index in [9.17, 15) is 0 Å².